The number of hydrogen-bond donors (Lipinski definition) is 3. The minimum absolute atomic E-state index is 0.216. The van der Waals surface area contributed by atoms with E-state index in [0.717, 1.165) is 22.3 Å². The molecule has 34 heavy (non-hydrogen) atoms. The van der Waals surface area contributed by atoms with E-state index in [4.69, 9.17) is 10.5 Å². The zero-order chi connectivity index (χ0) is 25.0. The lowest BCUT2D eigenvalue weighted by molar-refractivity contribution is -0.147. The summed E-state index contributed by atoms with van der Waals surface area (Å²) in [6, 6.07) is 11.9. The molecule has 2 aromatic carbocycles. The fraction of sp³-hybridized carbons (Fsp3) is 0.481. The first-order valence-electron chi connectivity index (χ1n) is 11.7. The summed E-state index contributed by atoms with van der Waals surface area (Å²) in [6.45, 7) is 8.78. The molecule has 0 bridgehead atoms. The first-order valence-corrected chi connectivity index (χ1v) is 11.7. The summed E-state index contributed by atoms with van der Waals surface area (Å²) >= 11 is 0. The number of rotatable bonds is 8. The molecule has 0 aliphatic carbocycles. The molecule has 0 saturated carbocycles. The number of amides is 2. The molecule has 4 N–H and O–H groups in total. The molecule has 7 nitrogen and oxygen atoms in total. The van der Waals surface area contributed by atoms with E-state index in [1.165, 1.54) is 4.90 Å². The van der Waals surface area contributed by atoms with Crippen LogP contribution >= 0.6 is 0 Å². The van der Waals surface area contributed by atoms with Crippen molar-refractivity contribution in [1.29, 1.82) is 0 Å². The third-order valence-electron chi connectivity index (χ3n) is 6.93. The highest BCUT2D eigenvalue weighted by atomic mass is 16.5. The fourth-order valence-electron chi connectivity index (χ4n) is 4.77. The Morgan fingerprint density at radius 1 is 1.21 bits per heavy atom. The number of ether oxygens (including phenoxy) is 1. The molecule has 1 heterocycles. The monoisotopic (exact) mass is 467 g/mol. The number of carbonyl (C=O) groups excluding carboxylic acids is 2. The first kappa shape index (κ1) is 25.7. The number of nitrogens with zero attached hydrogens (tertiary/aromatic N) is 1. The van der Waals surface area contributed by atoms with Gasteiger partial charge in [0.2, 0.25) is 5.91 Å². The van der Waals surface area contributed by atoms with Gasteiger partial charge in [0.05, 0.1) is 7.11 Å². The SMILES string of the molecule is COc1cccc(C[C@H](N)[C@H](O)C(=O)N2CCC(C)(C)[C@H]2C(=O)NCc2c(C)cccc2C)c1. The molecular formula is C27H37N3O4. The Bertz CT molecular complexity index is 1020. The van der Waals surface area contributed by atoms with E-state index in [1.807, 2.05) is 70.2 Å². The number of likely N-dealkylation sites (tertiary alicyclic amines) is 1. The maximum absolute atomic E-state index is 13.3. The lowest BCUT2D eigenvalue weighted by Crippen LogP contribution is -2.56. The van der Waals surface area contributed by atoms with Crippen LogP contribution in [0.5, 0.6) is 5.75 Å². The molecule has 3 atom stereocenters. The molecule has 2 aromatic rings. The Hall–Kier alpha value is -2.90. The molecule has 0 radical (unpaired) electrons. The largest absolute Gasteiger partial charge is 0.497 e. The van der Waals surface area contributed by atoms with Crippen molar-refractivity contribution in [2.45, 2.75) is 65.3 Å². The van der Waals surface area contributed by atoms with Crippen molar-refractivity contribution in [1.82, 2.24) is 10.2 Å². The molecule has 184 valence electrons. The van der Waals surface area contributed by atoms with Crippen LogP contribution in [0.25, 0.3) is 0 Å². The second-order valence-corrected chi connectivity index (χ2v) is 9.93. The third-order valence-corrected chi connectivity index (χ3v) is 6.93. The molecule has 1 saturated heterocycles. The Balaban J connectivity index is 1.71. The minimum atomic E-state index is -1.41. The summed E-state index contributed by atoms with van der Waals surface area (Å²) in [5.74, 6) is -0.0345. The molecule has 7 heteroatoms. The van der Waals surface area contributed by atoms with Gasteiger partial charge in [-0.05, 0) is 66.5 Å². The Morgan fingerprint density at radius 3 is 2.50 bits per heavy atom. The van der Waals surface area contributed by atoms with Gasteiger partial charge in [-0.1, -0.05) is 44.2 Å². The highest BCUT2D eigenvalue weighted by Gasteiger charge is 2.48. The standard InChI is InChI=1S/C27H37N3O4/c1-17-8-6-9-18(2)21(17)16-29-25(32)24-27(3,4)12-13-30(24)26(33)23(31)22(28)15-19-10-7-11-20(14-19)34-5/h6-11,14,22-24,31H,12-13,15-16,28H2,1-5H3,(H,29,32)/t22-,23-,24+/m0/s1. The normalized spacial score (nSPS) is 18.9. The molecule has 1 fully saturated rings. The molecular weight excluding hydrogens is 430 g/mol. The topological polar surface area (TPSA) is 105 Å². The van der Waals surface area contributed by atoms with Crippen LogP contribution in [0.4, 0.5) is 0 Å². The summed E-state index contributed by atoms with van der Waals surface area (Å²) in [5.41, 5.74) is 9.96. The van der Waals surface area contributed by atoms with Gasteiger partial charge in [-0.2, -0.15) is 0 Å². The first-order chi connectivity index (χ1) is 16.0. The fourth-order valence-corrected chi connectivity index (χ4v) is 4.77. The summed E-state index contributed by atoms with van der Waals surface area (Å²) in [5, 5.41) is 13.8. The van der Waals surface area contributed by atoms with E-state index in [2.05, 4.69) is 5.32 Å². The third kappa shape index (κ3) is 5.59. The second kappa shape index (κ2) is 10.6. The number of nitrogens with two attached hydrogens (primary N) is 1. The van der Waals surface area contributed by atoms with Gasteiger partial charge >= 0.3 is 0 Å². The van der Waals surface area contributed by atoms with E-state index < -0.39 is 29.5 Å². The molecule has 0 unspecified atom stereocenters. The lowest BCUT2D eigenvalue weighted by Gasteiger charge is -2.33. The van der Waals surface area contributed by atoms with Crippen molar-refractivity contribution >= 4 is 11.8 Å². The van der Waals surface area contributed by atoms with E-state index in [1.54, 1.807) is 7.11 Å². The molecule has 3 rings (SSSR count). The summed E-state index contributed by atoms with van der Waals surface area (Å²) < 4.78 is 5.24. The van der Waals surface area contributed by atoms with Crippen LogP contribution in [-0.2, 0) is 22.6 Å². The lowest BCUT2D eigenvalue weighted by atomic mass is 9.84. The summed E-state index contributed by atoms with van der Waals surface area (Å²) in [7, 11) is 1.58. The second-order valence-electron chi connectivity index (χ2n) is 9.93. The smallest absolute Gasteiger partial charge is 0.253 e. The van der Waals surface area contributed by atoms with E-state index in [-0.39, 0.29) is 5.91 Å². The number of benzene rings is 2. The van der Waals surface area contributed by atoms with Crippen LogP contribution in [0.2, 0.25) is 0 Å². The summed E-state index contributed by atoms with van der Waals surface area (Å²) in [6.07, 6.45) is -0.433. The van der Waals surface area contributed by atoms with Crippen LogP contribution in [0.15, 0.2) is 42.5 Å². The highest BCUT2D eigenvalue weighted by molar-refractivity contribution is 5.91. The molecule has 0 aromatic heterocycles. The average molecular weight is 468 g/mol. The number of hydrogen-bond acceptors (Lipinski definition) is 5. The Labute approximate surface area is 202 Å². The number of aliphatic hydroxyl groups excluding tert-OH is 1. The number of methoxy groups -OCH3 is 1. The van der Waals surface area contributed by atoms with E-state index in [0.29, 0.717) is 31.7 Å². The average Bonchev–Trinajstić information content (AvgIpc) is 3.12. The van der Waals surface area contributed by atoms with Crippen molar-refractivity contribution in [3.8, 4) is 5.75 Å². The van der Waals surface area contributed by atoms with E-state index >= 15 is 0 Å². The highest BCUT2D eigenvalue weighted by Crippen LogP contribution is 2.37. The molecule has 0 spiro atoms. The van der Waals surface area contributed by atoms with Gasteiger partial charge in [0, 0.05) is 19.1 Å². The van der Waals surface area contributed by atoms with Crippen LogP contribution < -0.4 is 15.8 Å². The minimum Gasteiger partial charge on any atom is -0.497 e. The van der Waals surface area contributed by atoms with Gasteiger partial charge in [-0.3, -0.25) is 9.59 Å². The van der Waals surface area contributed by atoms with Crippen LogP contribution in [0.3, 0.4) is 0 Å². The molecule has 1 aliphatic heterocycles. The van der Waals surface area contributed by atoms with Crippen LogP contribution in [0.1, 0.15) is 42.5 Å². The van der Waals surface area contributed by atoms with Crippen LogP contribution in [-0.4, -0.2) is 53.7 Å². The number of carbonyl (C=O) groups is 2. The Kier molecular flexibility index (Phi) is 8.00. The maximum atomic E-state index is 13.3. The quantitative estimate of drug-likeness (QED) is 0.553. The van der Waals surface area contributed by atoms with Crippen molar-refractivity contribution < 1.29 is 19.4 Å². The van der Waals surface area contributed by atoms with Crippen molar-refractivity contribution in [2.24, 2.45) is 11.1 Å². The van der Waals surface area contributed by atoms with E-state index in [9.17, 15) is 14.7 Å². The zero-order valence-corrected chi connectivity index (χ0v) is 20.8. The van der Waals surface area contributed by atoms with Crippen molar-refractivity contribution in [2.75, 3.05) is 13.7 Å². The van der Waals surface area contributed by atoms with Crippen molar-refractivity contribution in [3.05, 3.63) is 64.7 Å². The molecule has 2 amide bonds. The maximum Gasteiger partial charge on any atom is 0.253 e. The molecule has 1 aliphatic rings. The van der Waals surface area contributed by atoms with Gasteiger partial charge < -0.3 is 25.8 Å². The van der Waals surface area contributed by atoms with Gasteiger partial charge in [-0.25, -0.2) is 0 Å². The Morgan fingerprint density at radius 2 is 1.85 bits per heavy atom. The number of nitrogens with one attached hydrogen (secondary N) is 1. The van der Waals surface area contributed by atoms with Crippen molar-refractivity contribution in [3.63, 3.8) is 0 Å². The van der Waals surface area contributed by atoms with Gasteiger partial charge in [-0.15, -0.1) is 0 Å². The summed E-state index contributed by atoms with van der Waals surface area (Å²) in [4.78, 5) is 28.1. The van der Waals surface area contributed by atoms with Crippen LogP contribution in [0, 0.1) is 19.3 Å². The number of aliphatic hydroxyl groups is 1. The zero-order valence-electron chi connectivity index (χ0n) is 20.8. The van der Waals surface area contributed by atoms with Gasteiger partial charge in [0.25, 0.3) is 5.91 Å². The number of aryl methyl sites for hydroxylation is 2. The van der Waals surface area contributed by atoms with Gasteiger partial charge in [0.15, 0.2) is 0 Å². The predicted molar refractivity (Wildman–Crippen MR) is 132 cm³/mol. The predicted octanol–water partition coefficient (Wildman–Crippen LogP) is 2.49. The van der Waals surface area contributed by atoms with Gasteiger partial charge in [0.1, 0.15) is 17.9 Å².